The number of nitrogens with one attached hydrogen (secondary N) is 1. The Bertz CT molecular complexity index is 682. The number of benzene rings is 1. The van der Waals surface area contributed by atoms with Crippen LogP contribution in [0.3, 0.4) is 0 Å². The number of piperazine rings is 1. The average molecular weight is 571 g/mol. The van der Waals surface area contributed by atoms with E-state index in [1.54, 1.807) is 26.2 Å². The van der Waals surface area contributed by atoms with E-state index < -0.39 is 0 Å². The molecule has 1 heterocycles. The van der Waals surface area contributed by atoms with Gasteiger partial charge in [0, 0.05) is 44.2 Å². The van der Waals surface area contributed by atoms with Gasteiger partial charge in [0.2, 0.25) is 0 Å². The van der Waals surface area contributed by atoms with Crippen LogP contribution in [-0.4, -0.2) is 75.9 Å². The summed E-state index contributed by atoms with van der Waals surface area (Å²) in [6.45, 7) is 5.40. The van der Waals surface area contributed by atoms with Crippen LogP contribution in [0.5, 0.6) is 11.5 Å². The van der Waals surface area contributed by atoms with E-state index in [0.717, 1.165) is 16.0 Å². The van der Waals surface area contributed by atoms with Crippen molar-refractivity contribution < 1.29 is 19.0 Å². The Kier molecular flexibility index (Phi) is 10.7. The normalized spacial score (nSPS) is 14.2. The van der Waals surface area contributed by atoms with Gasteiger partial charge >= 0.3 is 6.09 Å². The molecule has 0 spiro atoms. The minimum Gasteiger partial charge on any atom is -0.493 e. The number of amides is 1. The number of carbonyl (C=O) groups excluding carboxylic acids is 1. The molecule has 2 rings (SSSR count). The third-order valence-corrected chi connectivity index (χ3v) is 5.04. The minimum absolute atomic E-state index is 0. The molecule has 0 aromatic heterocycles. The van der Waals surface area contributed by atoms with Crippen LogP contribution in [0.15, 0.2) is 21.6 Å². The largest absolute Gasteiger partial charge is 0.493 e. The van der Waals surface area contributed by atoms with Crippen LogP contribution >= 0.6 is 39.9 Å². The van der Waals surface area contributed by atoms with Crippen molar-refractivity contribution in [2.45, 2.75) is 13.5 Å². The van der Waals surface area contributed by atoms with Crippen molar-refractivity contribution in [3.63, 3.8) is 0 Å². The lowest BCUT2D eigenvalue weighted by molar-refractivity contribution is 0.0914. The van der Waals surface area contributed by atoms with E-state index in [0.29, 0.717) is 50.8 Å². The van der Waals surface area contributed by atoms with Crippen LogP contribution < -0.4 is 14.8 Å². The Labute approximate surface area is 191 Å². The van der Waals surface area contributed by atoms with Crippen molar-refractivity contribution in [3.8, 4) is 11.5 Å². The molecule has 0 bridgehead atoms. The van der Waals surface area contributed by atoms with Gasteiger partial charge < -0.3 is 29.3 Å². The summed E-state index contributed by atoms with van der Waals surface area (Å²) in [6, 6.07) is 3.82. The van der Waals surface area contributed by atoms with Crippen molar-refractivity contribution in [1.29, 1.82) is 0 Å². The number of nitrogens with zero attached hydrogens (tertiary/aromatic N) is 3. The molecular weight excluding hydrogens is 543 g/mol. The molecule has 28 heavy (non-hydrogen) atoms. The van der Waals surface area contributed by atoms with Crippen LogP contribution in [-0.2, 0) is 11.3 Å². The lowest BCUT2D eigenvalue weighted by Crippen LogP contribution is -2.53. The fraction of sp³-hybridized carbons (Fsp3) is 0.556. The highest BCUT2D eigenvalue weighted by molar-refractivity contribution is 14.0. The first-order chi connectivity index (χ1) is 13.0. The molecular formula is C18H28BrIN4O4. The second-order valence-corrected chi connectivity index (χ2v) is 6.73. The first kappa shape index (κ1) is 24.6. The van der Waals surface area contributed by atoms with Gasteiger partial charge in [0.05, 0.1) is 20.8 Å². The van der Waals surface area contributed by atoms with Crippen LogP contribution in [0.25, 0.3) is 0 Å². The van der Waals surface area contributed by atoms with E-state index >= 15 is 0 Å². The van der Waals surface area contributed by atoms with Crippen molar-refractivity contribution in [2.24, 2.45) is 4.99 Å². The fourth-order valence-corrected chi connectivity index (χ4v) is 3.32. The molecule has 1 aliphatic rings. The van der Waals surface area contributed by atoms with Crippen LogP contribution in [0.1, 0.15) is 12.5 Å². The third-order valence-electron chi connectivity index (χ3n) is 4.31. The predicted octanol–water partition coefficient (Wildman–Crippen LogP) is 2.93. The molecule has 1 aromatic carbocycles. The van der Waals surface area contributed by atoms with Crippen LogP contribution in [0, 0.1) is 0 Å². The van der Waals surface area contributed by atoms with E-state index in [2.05, 4.69) is 31.1 Å². The first-order valence-corrected chi connectivity index (χ1v) is 9.61. The van der Waals surface area contributed by atoms with Gasteiger partial charge in [0.1, 0.15) is 0 Å². The number of carbonyl (C=O) groups is 1. The highest BCUT2D eigenvalue weighted by Crippen LogP contribution is 2.33. The van der Waals surface area contributed by atoms with Gasteiger partial charge in [-0.2, -0.15) is 0 Å². The molecule has 10 heteroatoms. The minimum atomic E-state index is -0.255. The van der Waals surface area contributed by atoms with Crippen molar-refractivity contribution in [1.82, 2.24) is 15.1 Å². The van der Waals surface area contributed by atoms with Gasteiger partial charge in [-0.15, -0.1) is 24.0 Å². The Hall–Kier alpha value is -1.43. The van der Waals surface area contributed by atoms with Crippen molar-refractivity contribution in [3.05, 3.63) is 22.2 Å². The van der Waals surface area contributed by atoms with Gasteiger partial charge in [0.15, 0.2) is 17.5 Å². The molecule has 0 radical (unpaired) electrons. The van der Waals surface area contributed by atoms with E-state index in [1.807, 2.05) is 19.1 Å². The molecule has 8 nitrogen and oxygen atoms in total. The molecule has 158 valence electrons. The zero-order valence-electron chi connectivity index (χ0n) is 16.7. The molecule has 1 saturated heterocycles. The van der Waals surface area contributed by atoms with E-state index in [1.165, 1.54) is 0 Å². The number of guanidine groups is 1. The lowest BCUT2D eigenvalue weighted by Gasteiger charge is -2.35. The van der Waals surface area contributed by atoms with Gasteiger partial charge in [-0.3, -0.25) is 4.99 Å². The number of halogens is 2. The van der Waals surface area contributed by atoms with E-state index in [4.69, 9.17) is 14.2 Å². The second-order valence-electron chi connectivity index (χ2n) is 5.87. The summed E-state index contributed by atoms with van der Waals surface area (Å²) in [5, 5.41) is 3.37. The van der Waals surface area contributed by atoms with E-state index in [-0.39, 0.29) is 30.1 Å². The maximum atomic E-state index is 11.8. The van der Waals surface area contributed by atoms with Gasteiger partial charge in [-0.25, -0.2) is 4.79 Å². The summed E-state index contributed by atoms with van der Waals surface area (Å²) in [6.07, 6.45) is -0.255. The molecule has 1 fully saturated rings. The van der Waals surface area contributed by atoms with E-state index in [9.17, 15) is 4.79 Å². The monoisotopic (exact) mass is 570 g/mol. The molecule has 0 atom stereocenters. The number of hydrogen-bond donors (Lipinski definition) is 1. The Morgan fingerprint density at radius 3 is 2.25 bits per heavy atom. The fourth-order valence-electron chi connectivity index (χ4n) is 2.85. The first-order valence-electron chi connectivity index (χ1n) is 8.81. The summed E-state index contributed by atoms with van der Waals surface area (Å²) in [4.78, 5) is 20.0. The van der Waals surface area contributed by atoms with Gasteiger partial charge in [0.25, 0.3) is 0 Å². The van der Waals surface area contributed by atoms with Crippen molar-refractivity contribution in [2.75, 3.05) is 54.1 Å². The lowest BCUT2D eigenvalue weighted by atomic mass is 10.2. The summed E-state index contributed by atoms with van der Waals surface area (Å²) < 4.78 is 16.7. The highest BCUT2D eigenvalue weighted by Gasteiger charge is 2.23. The number of rotatable bonds is 5. The standard InChI is InChI=1S/C18H27BrN4O4.HI/c1-5-27-18(24)23-8-6-22(7-9-23)17(20-2)21-12-13-10-15(25-3)16(26-4)11-14(13)19;/h10-11H,5-9,12H2,1-4H3,(H,20,21);1H. The molecule has 0 unspecified atom stereocenters. The van der Waals surface area contributed by atoms with Gasteiger partial charge in [-0.05, 0) is 24.6 Å². The predicted molar refractivity (Wildman–Crippen MR) is 123 cm³/mol. The zero-order chi connectivity index (χ0) is 19.8. The second kappa shape index (κ2) is 12.2. The highest BCUT2D eigenvalue weighted by atomic mass is 127. The number of aliphatic imine (C=N–C) groups is 1. The maximum Gasteiger partial charge on any atom is 0.409 e. The SMILES string of the molecule is CCOC(=O)N1CCN(C(=NC)NCc2cc(OC)c(OC)cc2Br)CC1.I. The number of hydrogen-bond acceptors (Lipinski definition) is 5. The summed E-state index contributed by atoms with van der Waals surface area (Å²) in [5.41, 5.74) is 1.03. The van der Waals surface area contributed by atoms with Crippen molar-refractivity contribution >= 4 is 52.0 Å². The maximum absolute atomic E-state index is 11.8. The zero-order valence-corrected chi connectivity index (χ0v) is 20.6. The van der Waals surface area contributed by atoms with Crippen LogP contribution in [0.4, 0.5) is 4.79 Å². The summed E-state index contributed by atoms with van der Waals surface area (Å²) in [5.74, 6) is 2.14. The molecule has 1 amide bonds. The average Bonchev–Trinajstić information content (AvgIpc) is 2.69. The van der Waals surface area contributed by atoms with Crippen LogP contribution in [0.2, 0.25) is 0 Å². The molecule has 1 N–H and O–H groups in total. The topological polar surface area (TPSA) is 75.6 Å². The molecule has 1 aliphatic heterocycles. The Morgan fingerprint density at radius 1 is 1.14 bits per heavy atom. The van der Waals surface area contributed by atoms with Gasteiger partial charge in [-0.1, -0.05) is 15.9 Å². The summed E-state index contributed by atoms with van der Waals surface area (Å²) >= 11 is 3.57. The smallest absolute Gasteiger partial charge is 0.409 e. The number of methoxy groups -OCH3 is 2. The Morgan fingerprint density at radius 2 is 1.71 bits per heavy atom. The summed E-state index contributed by atoms with van der Waals surface area (Å²) in [7, 11) is 4.98. The molecule has 0 aliphatic carbocycles. The third kappa shape index (κ3) is 6.29. The Balaban J connectivity index is 0.00000392. The molecule has 1 aromatic rings. The molecule has 0 saturated carbocycles. The number of ether oxygens (including phenoxy) is 3. The quantitative estimate of drug-likeness (QED) is 0.333.